The number of hydrogen-bond donors (Lipinski definition) is 1. The van der Waals surface area contributed by atoms with Crippen molar-refractivity contribution in [2.24, 2.45) is 0 Å². The molecule has 2 atom stereocenters. The highest BCUT2D eigenvalue weighted by molar-refractivity contribution is 7.99. The summed E-state index contributed by atoms with van der Waals surface area (Å²) in [5, 5.41) is 22.7. The van der Waals surface area contributed by atoms with E-state index in [9.17, 15) is 9.59 Å². The summed E-state index contributed by atoms with van der Waals surface area (Å²) in [5.74, 6) is 1.56. The largest absolute Gasteiger partial charge is 0.361 e. The van der Waals surface area contributed by atoms with Crippen LogP contribution >= 0.6 is 34.4 Å². The van der Waals surface area contributed by atoms with Crippen LogP contribution in [0.4, 0.5) is 5.13 Å². The fourth-order valence-corrected chi connectivity index (χ4v) is 7.29. The second-order valence-corrected chi connectivity index (χ2v) is 12.5. The first-order valence-corrected chi connectivity index (χ1v) is 15.4. The van der Waals surface area contributed by atoms with E-state index < -0.39 is 12.2 Å². The monoisotopic (exact) mass is 579 g/mol. The Morgan fingerprint density at radius 3 is 2.13 bits per heavy atom. The van der Waals surface area contributed by atoms with Gasteiger partial charge in [-0.05, 0) is 33.8 Å². The third-order valence-electron chi connectivity index (χ3n) is 6.47. The minimum atomic E-state index is -0.615. The molecule has 2 aliphatic rings. The molecule has 6 rings (SSSR count). The van der Waals surface area contributed by atoms with Crippen LogP contribution in [-0.2, 0) is 51.5 Å². The molecule has 200 valence electrons. The smallest absolute Gasteiger partial charge is 0.259 e. The second kappa shape index (κ2) is 12.0. The molecule has 2 aliphatic heterocycles. The minimum Gasteiger partial charge on any atom is -0.361 e. The van der Waals surface area contributed by atoms with Crippen molar-refractivity contribution in [2.45, 2.75) is 44.7 Å². The number of fused-ring (bicyclic) bond motifs is 2. The number of thioether (sulfide) groups is 1. The molecule has 0 aliphatic carbocycles. The lowest BCUT2D eigenvalue weighted by Crippen LogP contribution is -2.20. The van der Waals surface area contributed by atoms with E-state index in [0.717, 1.165) is 61.6 Å². The lowest BCUT2D eigenvalue weighted by molar-refractivity contribution is -0.129. The van der Waals surface area contributed by atoms with Gasteiger partial charge in [-0.25, -0.2) is 0 Å². The Labute approximate surface area is 237 Å². The lowest BCUT2D eigenvalue weighted by atomic mass is 10.0. The van der Waals surface area contributed by atoms with Gasteiger partial charge in [0.25, 0.3) is 5.91 Å². The predicted octanol–water partition coefficient (Wildman–Crippen LogP) is 4.50. The van der Waals surface area contributed by atoms with Crippen LogP contribution in [0.15, 0.2) is 48.5 Å². The number of ketones is 1. The van der Waals surface area contributed by atoms with E-state index in [1.54, 1.807) is 11.8 Å². The van der Waals surface area contributed by atoms with E-state index in [0.29, 0.717) is 18.3 Å². The molecule has 0 saturated heterocycles. The summed E-state index contributed by atoms with van der Waals surface area (Å²) in [7, 11) is 0. The zero-order chi connectivity index (χ0) is 26.6. The van der Waals surface area contributed by atoms with Gasteiger partial charge in [-0.3, -0.25) is 14.9 Å². The molecule has 1 N–H and O–H groups in total. The zero-order valence-corrected chi connectivity index (χ0v) is 23.3. The van der Waals surface area contributed by atoms with Crippen molar-refractivity contribution in [3.8, 4) is 0 Å². The van der Waals surface area contributed by atoms with Crippen LogP contribution in [0.2, 0.25) is 0 Å². The Bertz CT molecular complexity index is 1380. The van der Waals surface area contributed by atoms with Crippen molar-refractivity contribution >= 4 is 51.3 Å². The van der Waals surface area contributed by atoms with Crippen LogP contribution in [0.5, 0.6) is 0 Å². The number of hydrogen-bond acceptors (Lipinski definition) is 11. The average molecular weight is 580 g/mol. The fraction of sp³-hybridized carbons (Fsp3) is 0.333. The topological polar surface area (TPSA) is 116 Å². The first kappa shape index (κ1) is 26.2. The maximum atomic E-state index is 12.8. The summed E-state index contributed by atoms with van der Waals surface area (Å²) in [6, 6.07) is 15.6. The summed E-state index contributed by atoms with van der Waals surface area (Å²) in [6.45, 7) is 0.913. The molecule has 0 fully saturated rings. The minimum absolute atomic E-state index is 0.0187. The van der Waals surface area contributed by atoms with Gasteiger partial charge in [0.05, 0.1) is 19.6 Å². The molecule has 1 amide bonds. The van der Waals surface area contributed by atoms with Crippen molar-refractivity contribution in [1.82, 2.24) is 20.4 Å². The fourth-order valence-electron chi connectivity index (χ4n) is 4.55. The van der Waals surface area contributed by atoms with Gasteiger partial charge in [0.1, 0.15) is 21.1 Å². The van der Waals surface area contributed by atoms with Gasteiger partial charge in [0.2, 0.25) is 5.13 Å². The highest BCUT2D eigenvalue weighted by Crippen LogP contribution is 2.33. The molecule has 12 heteroatoms. The van der Waals surface area contributed by atoms with Crippen LogP contribution in [0.25, 0.3) is 0 Å². The van der Waals surface area contributed by atoms with E-state index in [-0.39, 0.29) is 18.1 Å². The number of carbonyl (C=O) groups is 2. The number of ether oxygens (including phenoxy) is 2. The van der Waals surface area contributed by atoms with Crippen molar-refractivity contribution in [1.29, 1.82) is 0 Å². The number of amides is 1. The molecule has 0 bridgehead atoms. The molecular weight excluding hydrogens is 555 g/mol. The predicted molar refractivity (Wildman–Crippen MR) is 150 cm³/mol. The molecule has 9 nitrogen and oxygen atoms in total. The van der Waals surface area contributed by atoms with Crippen molar-refractivity contribution in [2.75, 3.05) is 16.8 Å². The number of Topliss-reactive ketones (excluding diaryl/α,β-unsaturated/α-hetero) is 1. The number of benzene rings is 2. The standard InChI is InChI=1S/C27H25N5O4S3/c33-20(24-18-7-3-1-5-16(18)14-35-24)13-23-31-29-21(38-23)9-11-37-12-10-22-30-32-27(39-22)28-26(34)25-19-8-4-2-6-17(19)15-36-25/h1-8,24-25H,9-15H2,(H,28,32,34). The van der Waals surface area contributed by atoms with Crippen LogP contribution in [0.3, 0.4) is 0 Å². The first-order chi connectivity index (χ1) is 19.1. The van der Waals surface area contributed by atoms with Gasteiger partial charge in [-0.15, -0.1) is 31.7 Å². The van der Waals surface area contributed by atoms with E-state index >= 15 is 0 Å². The molecule has 2 unspecified atom stereocenters. The number of aryl methyl sites for hydroxylation is 2. The van der Waals surface area contributed by atoms with Crippen molar-refractivity contribution in [3.63, 3.8) is 0 Å². The van der Waals surface area contributed by atoms with Gasteiger partial charge in [0.15, 0.2) is 11.9 Å². The molecule has 0 saturated carbocycles. The van der Waals surface area contributed by atoms with Crippen LogP contribution in [-0.4, -0.2) is 43.6 Å². The number of nitrogens with one attached hydrogen (secondary N) is 1. The quantitative estimate of drug-likeness (QED) is 0.256. The number of carbonyl (C=O) groups excluding carboxylic acids is 2. The summed E-state index contributed by atoms with van der Waals surface area (Å²) in [5.41, 5.74) is 3.97. The molecule has 0 spiro atoms. The second-order valence-electron chi connectivity index (χ2n) is 9.11. The van der Waals surface area contributed by atoms with E-state index in [4.69, 9.17) is 9.47 Å². The van der Waals surface area contributed by atoms with Crippen LogP contribution in [0, 0.1) is 0 Å². The third kappa shape index (κ3) is 6.10. The molecule has 39 heavy (non-hydrogen) atoms. The summed E-state index contributed by atoms with van der Waals surface area (Å²) >= 11 is 4.67. The number of rotatable bonds is 11. The average Bonchev–Trinajstić information content (AvgIpc) is 3.75. The Balaban J connectivity index is 0.909. The van der Waals surface area contributed by atoms with Gasteiger partial charge < -0.3 is 9.47 Å². The molecule has 2 aromatic heterocycles. The molecule has 4 heterocycles. The zero-order valence-electron chi connectivity index (χ0n) is 20.9. The van der Waals surface area contributed by atoms with Gasteiger partial charge in [0, 0.05) is 12.8 Å². The van der Waals surface area contributed by atoms with E-state index in [2.05, 4.69) is 25.7 Å². The van der Waals surface area contributed by atoms with Crippen LogP contribution in [0.1, 0.15) is 49.5 Å². The normalized spacial score (nSPS) is 17.6. The Morgan fingerprint density at radius 2 is 1.38 bits per heavy atom. The Kier molecular flexibility index (Phi) is 8.07. The summed E-state index contributed by atoms with van der Waals surface area (Å²) in [6.07, 6.45) is 0.667. The van der Waals surface area contributed by atoms with Crippen molar-refractivity contribution < 1.29 is 19.1 Å². The molecule has 0 radical (unpaired) electrons. The number of aromatic nitrogens is 4. The van der Waals surface area contributed by atoms with E-state index in [1.165, 1.54) is 22.7 Å². The Morgan fingerprint density at radius 1 is 0.795 bits per heavy atom. The lowest BCUT2D eigenvalue weighted by Gasteiger charge is -2.09. The Hall–Kier alpha value is -3.03. The van der Waals surface area contributed by atoms with Gasteiger partial charge in [-0.2, -0.15) is 11.8 Å². The first-order valence-electron chi connectivity index (χ1n) is 12.6. The number of anilines is 1. The maximum Gasteiger partial charge on any atom is 0.259 e. The SMILES string of the molecule is O=C(Cc1nnc(CCSCCc2nnc(NC(=O)C3OCc4ccccc43)s2)s1)C1OCc2ccccc21. The third-order valence-corrected chi connectivity index (χ3v) is 9.34. The van der Waals surface area contributed by atoms with Gasteiger partial charge >= 0.3 is 0 Å². The highest BCUT2D eigenvalue weighted by Gasteiger charge is 2.31. The summed E-state index contributed by atoms with van der Waals surface area (Å²) < 4.78 is 11.4. The van der Waals surface area contributed by atoms with Gasteiger partial charge in [-0.1, -0.05) is 59.9 Å². The van der Waals surface area contributed by atoms with Crippen molar-refractivity contribution in [3.05, 3.63) is 85.8 Å². The van der Waals surface area contributed by atoms with E-state index in [1.807, 2.05) is 48.5 Å². The molecule has 4 aromatic rings. The van der Waals surface area contributed by atoms with Crippen LogP contribution < -0.4 is 5.32 Å². The summed E-state index contributed by atoms with van der Waals surface area (Å²) in [4.78, 5) is 25.4. The molecular formula is C27H25N5O4S3. The molecule has 2 aromatic carbocycles. The highest BCUT2D eigenvalue weighted by atomic mass is 32.2. The number of nitrogens with zero attached hydrogens (tertiary/aromatic N) is 4. The maximum absolute atomic E-state index is 12.8.